The number of aryl methyl sites for hydroxylation is 1. The molecule has 0 spiro atoms. The lowest BCUT2D eigenvalue weighted by molar-refractivity contribution is -0.139. The number of halogens is 3. The maximum absolute atomic E-state index is 13.7. The average Bonchev–Trinajstić information content (AvgIpc) is 3.05. The zero-order valence-corrected chi connectivity index (χ0v) is 15.6. The number of nitrogens with one attached hydrogen (secondary N) is 1. The van der Waals surface area contributed by atoms with Crippen molar-refractivity contribution >= 4 is 17.1 Å². The summed E-state index contributed by atoms with van der Waals surface area (Å²) in [7, 11) is 1.65. The Balaban J connectivity index is 1.72. The van der Waals surface area contributed by atoms with Crippen LogP contribution in [0.5, 0.6) is 0 Å². The second kappa shape index (κ2) is 7.54. The SMILES string of the molecule is Cn1c(-c2ccccc2)nc2c(C(F)(F)F)nc(NCCc3ccccc3)nc21. The van der Waals surface area contributed by atoms with Crippen LogP contribution in [0.2, 0.25) is 0 Å². The Morgan fingerprint density at radius 1 is 0.897 bits per heavy atom. The Morgan fingerprint density at radius 3 is 2.21 bits per heavy atom. The van der Waals surface area contributed by atoms with E-state index in [1.165, 1.54) is 0 Å². The van der Waals surface area contributed by atoms with Crippen molar-refractivity contribution < 1.29 is 13.2 Å². The number of rotatable bonds is 5. The van der Waals surface area contributed by atoms with Gasteiger partial charge in [0.05, 0.1) is 0 Å². The van der Waals surface area contributed by atoms with Crippen LogP contribution in [0.15, 0.2) is 60.7 Å². The van der Waals surface area contributed by atoms with E-state index in [9.17, 15) is 13.2 Å². The third kappa shape index (κ3) is 3.91. The van der Waals surface area contributed by atoms with E-state index in [0.717, 1.165) is 5.56 Å². The van der Waals surface area contributed by atoms with Crippen LogP contribution in [0.25, 0.3) is 22.6 Å². The minimum absolute atomic E-state index is 0.0663. The summed E-state index contributed by atoms with van der Waals surface area (Å²) >= 11 is 0. The van der Waals surface area contributed by atoms with Gasteiger partial charge in [0, 0.05) is 19.2 Å². The molecule has 4 rings (SSSR count). The molecule has 0 radical (unpaired) electrons. The fraction of sp³-hybridized carbons (Fsp3) is 0.190. The van der Waals surface area contributed by atoms with Gasteiger partial charge in [0.15, 0.2) is 11.3 Å². The Kier molecular flexibility index (Phi) is 4.92. The maximum Gasteiger partial charge on any atom is 0.435 e. The van der Waals surface area contributed by atoms with Gasteiger partial charge >= 0.3 is 6.18 Å². The molecule has 0 fully saturated rings. The molecule has 5 nitrogen and oxygen atoms in total. The van der Waals surface area contributed by atoms with Crippen molar-refractivity contribution in [2.75, 3.05) is 11.9 Å². The molecule has 0 amide bonds. The fourth-order valence-corrected chi connectivity index (χ4v) is 3.15. The highest BCUT2D eigenvalue weighted by Crippen LogP contribution is 2.34. The number of hydrogen-bond donors (Lipinski definition) is 1. The van der Waals surface area contributed by atoms with Gasteiger partial charge in [-0.25, -0.2) is 9.97 Å². The van der Waals surface area contributed by atoms with Crippen LogP contribution in [-0.2, 0) is 19.6 Å². The van der Waals surface area contributed by atoms with Gasteiger partial charge in [-0.1, -0.05) is 60.7 Å². The van der Waals surface area contributed by atoms with Gasteiger partial charge in [-0.2, -0.15) is 18.2 Å². The lowest BCUT2D eigenvalue weighted by Crippen LogP contribution is -2.14. The lowest BCUT2D eigenvalue weighted by Gasteiger charge is -2.10. The number of hydrogen-bond acceptors (Lipinski definition) is 4. The highest BCUT2D eigenvalue weighted by atomic mass is 19.4. The van der Waals surface area contributed by atoms with Crippen molar-refractivity contribution in [3.8, 4) is 11.4 Å². The molecular weight excluding hydrogens is 379 g/mol. The lowest BCUT2D eigenvalue weighted by atomic mass is 10.1. The minimum atomic E-state index is -4.64. The molecule has 4 aromatic rings. The molecule has 0 aliphatic rings. The standard InChI is InChI=1S/C21H18F3N5/c1-29-18(15-10-6-3-7-11-15)26-16-17(21(22,23)24)27-20(28-19(16)29)25-13-12-14-8-4-2-5-9-14/h2-11H,12-13H2,1H3,(H,25,27,28). The number of imidazole rings is 1. The molecule has 29 heavy (non-hydrogen) atoms. The van der Waals surface area contributed by atoms with Gasteiger partial charge < -0.3 is 9.88 Å². The predicted molar refractivity (Wildman–Crippen MR) is 105 cm³/mol. The number of alkyl halides is 3. The first-order valence-electron chi connectivity index (χ1n) is 9.08. The minimum Gasteiger partial charge on any atom is -0.354 e. The van der Waals surface area contributed by atoms with E-state index in [-0.39, 0.29) is 17.1 Å². The van der Waals surface area contributed by atoms with Gasteiger partial charge in [-0.05, 0) is 12.0 Å². The number of fused-ring (bicyclic) bond motifs is 1. The van der Waals surface area contributed by atoms with Crippen molar-refractivity contribution in [3.63, 3.8) is 0 Å². The molecule has 2 aromatic heterocycles. The first-order valence-corrected chi connectivity index (χ1v) is 9.08. The summed E-state index contributed by atoms with van der Waals surface area (Å²) in [6.07, 6.45) is -4.00. The van der Waals surface area contributed by atoms with Crippen LogP contribution < -0.4 is 5.32 Å². The Hall–Kier alpha value is -3.42. The Bertz CT molecular complexity index is 1120. The van der Waals surface area contributed by atoms with Crippen LogP contribution >= 0.6 is 0 Å². The van der Waals surface area contributed by atoms with E-state index in [2.05, 4.69) is 20.3 Å². The smallest absolute Gasteiger partial charge is 0.354 e. The van der Waals surface area contributed by atoms with Crippen LogP contribution in [-0.4, -0.2) is 26.1 Å². The largest absolute Gasteiger partial charge is 0.435 e. The molecular formula is C21H18F3N5. The molecule has 0 aliphatic carbocycles. The van der Waals surface area contributed by atoms with Crippen molar-refractivity contribution in [2.45, 2.75) is 12.6 Å². The molecule has 0 bridgehead atoms. The zero-order valence-electron chi connectivity index (χ0n) is 15.6. The normalized spacial score (nSPS) is 11.7. The van der Waals surface area contributed by atoms with Crippen molar-refractivity contribution in [1.82, 2.24) is 19.5 Å². The molecule has 8 heteroatoms. The number of anilines is 1. The number of nitrogens with zero attached hydrogens (tertiary/aromatic N) is 4. The topological polar surface area (TPSA) is 55.6 Å². The van der Waals surface area contributed by atoms with Crippen molar-refractivity contribution in [3.05, 3.63) is 71.9 Å². The maximum atomic E-state index is 13.7. The summed E-state index contributed by atoms with van der Waals surface area (Å²) < 4.78 is 42.5. The van der Waals surface area contributed by atoms with Crippen molar-refractivity contribution in [2.24, 2.45) is 7.05 Å². The summed E-state index contributed by atoms with van der Waals surface area (Å²) in [5.41, 5.74) is 0.618. The summed E-state index contributed by atoms with van der Waals surface area (Å²) in [6, 6.07) is 18.7. The van der Waals surface area contributed by atoms with E-state index < -0.39 is 11.9 Å². The molecule has 2 aromatic carbocycles. The monoisotopic (exact) mass is 397 g/mol. The van der Waals surface area contributed by atoms with Crippen LogP contribution in [0.4, 0.5) is 19.1 Å². The third-order valence-electron chi connectivity index (χ3n) is 4.56. The first kappa shape index (κ1) is 18.9. The average molecular weight is 397 g/mol. The van der Waals surface area contributed by atoms with Gasteiger partial charge in [0.1, 0.15) is 11.3 Å². The van der Waals surface area contributed by atoms with Crippen LogP contribution in [0, 0.1) is 0 Å². The summed E-state index contributed by atoms with van der Waals surface area (Å²) in [5.74, 6) is 0.338. The molecule has 148 valence electrons. The van der Waals surface area contributed by atoms with Crippen molar-refractivity contribution in [1.29, 1.82) is 0 Å². The van der Waals surface area contributed by atoms with E-state index in [1.54, 1.807) is 23.7 Å². The zero-order chi connectivity index (χ0) is 20.4. The summed E-state index contributed by atoms with van der Waals surface area (Å²) in [4.78, 5) is 12.2. The molecule has 0 saturated heterocycles. The predicted octanol–water partition coefficient (Wildman–Crippen LogP) is 4.70. The highest BCUT2D eigenvalue weighted by Gasteiger charge is 2.37. The van der Waals surface area contributed by atoms with E-state index in [1.807, 2.05) is 48.5 Å². The van der Waals surface area contributed by atoms with Gasteiger partial charge in [-0.15, -0.1) is 0 Å². The van der Waals surface area contributed by atoms with E-state index >= 15 is 0 Å². The first-order chi connectivity index (χ1) is 13.9. The molecule has 1 N–H and O–H groups in total. The Morgan fingerprint density at radius 2 is 1.55 bits per heavy atom. The van der Waals surface area contributed by atoms with Gasteiger partial charge in [-0.3, -0.25) is 0 Å². The third-order valence-corrected chi connectivity index (χ3v) is 4.56. The molecule has 0 aliphatic heterocycles. The van der Waals surface area contributed by atoms with Crippen LogP contribution in [0.3, 0.4) is 0 Å². The number of aromatic nitrogens is 4. The second-order valence-corrected chi connectivity index (χ2v) is 6.59. The summed E-state index contributed by atoms with van der Waals surface area (Å²) in [5, 5.41) is 2.91. The fourth-order valence-electron chi connectivity index (χ4n) is 3.15. The van der Waals surface area contributed by atoms with E-state index in [0.29, 0.717) is 24.4 Å². The highest BCUT2D eigenvalue weighted by molar-refractivity contribution is 5.80. The van der Waals surface area contributed by atoms with E-state index in [4.69, 9.17) is 0 Å². The van der Waals surface area contributed by atoms with Gasteiger partial charge in [0.25, 0.3) is 0 Å². The second-order valence-electron chi connectivity index (χ2n) is 6.59. The summed E-state index contributed by atoms with van der Waals surface area (Å²) in [6.45, 7) is 0.413. The molecule has 2 heterocycles. The Labute approximate surface area is 165 Å². The molecule has 0 atom stereocenters. The quantitative estimate of drug-likeness (QED) is 0.530. The van der Waals surface area contributed by atoms with Crippen LogP contribution in [0.1, 0.15) is 11.3 Å². The van der Waals surface area contributed by atoms with Gasteiger partial charge in [0.2, 0.25) is 5.95 Å². The number of benzene rings is 2. The molecule has 0 saturated carbocycles. The molecule has 0 unspecified atom stereocenters.